The highest BCUT2D eigenvalue weighted by molar-refractivity contribution is 7.88. The van der Waals surface area contributed by atoms with Crippen LogP contribution in [0.3, 0.4) is 0 Å². The number of hydrogen-bond donors (Lipinski definition) is 2. The molecule has 0 spiro atoms. The highest BCUT2D eigenvalue weighted by Crippen LogP contribution is 2.21. The second-order valence-electron chi connectivity index (χ2n) is 6.78. The summed E-state index contributed by atoms with van der Waals surface area (Å²) in [5.41, 5.74) is 1.13. The largest absolute Gasteiger partial charge is 0.334 e. The standard InChI is InChI=1S/C19H23N3O4S2/c1-28(25,26)20-13-16-5-2-3-11-22(16)19(24)14-7-9-15(10-8-14)21-18(23)17-6-4-12-27-17/h4,6-10,12,16,20H,2-3,5,11,13H2,1H3,(H,21,23). The third-order valence-corrected chi connectivity index (χ3v) is 6.16. The Morgan fingerprint density at radius 3 is 2.57 bits per heavy atom. The molecule has 0 radical (unpaired) electrons. The van der Waals surface area contributed by atoms with E-state index in [9.17, 15) is 18.0 Å². The van der Waals surface area contributed by atoms with Gasteiger partial charge in [0.2, 0.25) is 10.0 Å². The maximum absolute atomic E-state index is 12.9. The van der Waals surface area contributed by atoms with Crippen molar-refractivity contribution in [1.29, 1.82) is 0 Å². The van der Waals surface area contributed by atoms with E-state index in [0.29, 0.717) is 22.7 Å². The average Bonchev–Trinajstić information content (AvgIpc) is 3.21. The minimum atomic E-state index is -3.30. The van der Waals surface area contributed by atoms with Gasteiger partial charge in [-0.2, -0.15) is 0 Å². The lowest BCUT2D eigenvalue weighted by Crippen LogP contribution is -2.49. The van der Waals surface area contributed by atoms with Crippen molar-refractivity contribution in [2.75, 3.05) is 24.7 Å². The maximum atomic E-state index is 12.9. The fourth-order valence-electron chi connectivity index (χ4n) is 3.19. The van der Waals surface area contributed by atoms with Gasteiger partial charge in [-0.15, -0.1) is 11.3 Å². The molecule has 3 rings (SSSR count). The Bertz CT molecular complexity index is 925. The molecule has 1 atom stereocenters. The number of rotatable bonds is 6. The van der Waals surface area contributed by atoms with Crippen molar-refractivity contribution in [3.63, 3.8) is 0 Å². The average molecular weight is 422 g/mol. The number of piperidine rings is 1. The lowest BCUT2D eigenvalue weighted by Gasteiger charge is -2.35. The molecule has 2 N–H and O–H groups in total. The second kappa shape index (κ2) is 8.85. The third kappa shape index (κ3) is 5.40. The fraction of sp³-hybridized carbons (Fsp3) is 0.368. The first-order chi connectivity index (χ1) is 13.3. The van der Waals surface area contributed by atoms with E-state index >= 15 is 0 Å². The molecule has 2 aromatic rings. The summed E-state index contributed by atoms with van der Waals surface area (Å²) in [5.74, 6) is -0.312. The van der Waals surface area contributed by atoms with Crippen LogP contribution in [0.5, 0.6) is 0 Å². The number of sulfonamides is 1. The van der Waals surface area contributed by atoms with Crippen molar-refractivity contribution < 1.29 is 18.0 Å². The molecule has 0 bridgehead atoms. The van der Waals surface area contributed by atoms with E-state index in [4.69, 9.17) is 0 Å². The number of hydrogen-bond acceptors (Lipinski definition) is 5. The van der Waals surface area contributed by atoms with Crippen LogP contribution in [-0.4, -0.2) is 50.5 Å². The second-order valence-corrected chi connectivity index (χ2v) is 9.56. The van der Waals surface area contributed by atoms with Crippen LogP contribution in [0.1, 0.15) is 39.3 Å². The Hall–Kier alpha value is -2.23. The summed E-state index contributed by atoms with van der Waals surface area (Å²) >= 11 is 1.36. The van der Waals surface area contributed by atoms with E-state index in [0.717, 1.165) is 25.5 Å². The van der Waals surface area contributed by atoms with E-state index in [-0.39, 0.29) is 24.4 Å². The molecule has 150 valence electrons. The molecular formula is C19H23N3O4S2. The molecule has 0 aliphatic carbocycles. The topological polar surface area (TPSA) is 95.6 Å². The summed E-state index contributed by atoms with van der Waals surface area (Å²) in [6.45, 7) is 0.825. The molecule has 1 aliphatic heterocycles. The van der Waals surface area contributed by atoms with Gasteiger partial charge in [0.05, 0.1) is 11.1 Å². The first kappa shape index (κ1) is 20.5. The summed E-state index contributed by atoms with van der Waals surface area (Å²) in [6.07, 6.45) is 3.75. The normalized spacial score (nSPS) is 17.3. The number of carbonyl (C=O) groups is 2. The van der Waals surface area contributed by atoms with Gasteiger partial charge in [0.15, 0.2) is 0 Å². The van der Waals surface area contributed by atoms with Gasteiger partial charge in [0.1, 0.15) is 0 Å². The van der Waals surface area contributed by atoms with Gasteiger partial charge >= 0.3 is 0 Å². The molecule has 1 aliphatic rings. The number of benzene rings is 1. The molecule has 2 heterocycles. The molecule has 0 saturated carbocycles. The van der Waals surface area contributed by atoms with E-state index in [2.05, 4.69) is 10.0 Å². The first-order valence-corrected chi connectivity index (χ1v) is 11.8. The zero-order valence-corrected chi connectivity index (χ0v) is 17.2. The van der Waals surface area contributed by atoms with E-state index in [1.807, 2.05) is 11.4 Å². The molecule has 1 aromatic carbocycles. The van der Waals surface area contributed by atoms with E-state index < -0.39 is 10.0 Å². The van der Waals surface area contributed by atoms with Gasteiger partial charge < -0.3 is 10.2 Å². The molecule has 28 heavy (non-hydrogen) atoms. The first-order valence-electron chi connectivity index (χ1n) is 9.04. The molecule has 9 heteroatoms. The molecule has 1 saturated heterocycles. The zero-order valence-electron chi connectivity index (χ0n) is 15.6. The van der Waals surface area contributed by atoms with Crippen molar-refractivity contribution in [1.82, 2.24) is 9.62 Å². The number of anilines is 1. The Labute approximate surface area is 168 Å². The van der Waals surface area contributed by atoms with Crippen molar-refractivity contribution in [3.05, 3.63) is 52.2 Å². The fourth-order valence-corrected chi connectivity index (χ4v) is 4.30. The lowest BCUT2D eigenvalue weighted by molar-refractivity contribution is 0.0618. The Morgan fingerprint density at radius 2 is 1.93 bits per heavy atom. The van der Waals surface area contributed by atoms with Crippen LogP contribution in [-0.2, 0) is 10.0 Å². The molecule has 1 unspecified atom stereocenters. The quantitative estimate of drug-likeness (QED) is 0.749. The summed E-state index contributed by atoms with van der Waals surface area (Å²) in [7, 11) is -3.30. The number of nitrogens with zero attached hydrogens (tertiary/aromatic N) is 1. The Balaban J connectivity index is 1.66. The van der Waals surface area contributed by atoms with E-state index in [1.165, 1.54) is 11.3 Å². The molecule has 2 amide bonds. The predicted octanol–water partition coefficient (Wildman–Crippen LogP) is 2.54. The van der Waals surface area contributed by atoms with Gasteiger partial charge in [0, 0.05) is 30.4 Å². The highest BCUT2D eigenvalue weighted by atomic mass is 32.2. The number of carbonyl (C=O) groups excluding carboxylic acids is 2. The van der Waals surface area contributed by atoms with Gasteiger partial charge in [-0.25, -0.2) is 13.1 Å². The van der Waals surface area contributed by atoms with Crippen molar-refractivity contribution in [3.8, 4) is 0 Å². The van der Waals surface area contributed by atoms with E-state index in [1.54, 1.807) is 35.2 Å². The number of nitrogens with one attached hydrogen (secondary N) is 2. The number of amides is 2. The zero-order chi connectivity index (χ0) is 20.1. The molecule has 7 nitrogen and oxygen atoms in total. The van der Waals surface area contributed by atoms with Gasteiger partial charge in [-0.3, -0.25) is 9.59 Å². The van der Waals surface area contributed by atoms with Crippen molar-refractivity contribution >= 4 is 38.9 Å². The smallest absolute Gasteiger partial charge is 0.265 e. The summed E-state index contributed by atoms with van der Waals surface area (Å²) in [5, 5.41) is 4.64. The van der Waals surface area contributed by atoms with Crippen LogP contribution in [0, 0.1) is 0 Å². The molecule has 1 aromatic heterocycles. The van der Waals surface area contributed by atoms with Crippen LogP contribution >= 0.6 is 11.3 Å². The Morgan fingerprint density at radius 1 is 1.18 bits per heavy atom. The van der Waals surface area contributed by atoms with Crippen LogP contribution < -0.4 is 10.0 Å². The maximum Gasteiger partial charge on any atom is 0.265 e. The number of thiophene rings is 1. The predicted molar refractivity (Wildman–Crippen MR) is 110 cm³/mol. The van der Waals surface area contributed by atoms with Gasteiger partial charge in [-0.05, 0) is 55.0 Å². The van der Waals surface area contributed by atoms with Gasteiger partial charge in [-0.1, -0.05) is 6.07 Å². The third-order valence-electron chi connectivity index (χ3n) is 4.60. The summed E-state index contributed by atoms with van der Waals surface area (Å²) in [6, 6.07) is 10.2. The van der Waals surface area contributed by atoms with Crippen LogP contribution in [0.2, 0.25) is 0 Å². The lowest BCUT2D eigenvalue weighted by atomic mass is 10.0. The summed E-state index contributed by atoms with van der Waals surface area (Å²) in [4.78, 5) is 27.4. The minimum absolute atomic E-state index is 0.129. The molecular weight excluding hydrogens is 398 g/mol. The number of likely N-dealkylation sites (tertiary alicyclic amines) is 1. The monoisotopic (exact) mass is 421 g/mol. The highest BCUT2D eigenvalue weighted by Gasteiger charge is 2.28. The van der Waals surface area contributed by atoms with Crippen molar-refractivity contribution in [2.45, 2.75) is 25.3 Å². The van der Waals surface area contributed by atoms with Crippen LogP contribution in [0.15, 0.2) is 41.8 Å². The SMILES string of the molecule is CS(=O)(=O)NCC1CCCCN1C(=O)c1ccc(NC(=O)c2cccs2)cc1. The summed E-state index contributed by atoms with van der Waals surface area (Å²) < 4.78 is 25.3. The molecule has 1 fully saturated rings. The Kier molecular flexibility index (Phi) is 6.48. The minimum Gasteiger partial charge on any atom is -0.334 e. The van der Waals surface area contributed by atoms with Gasteiger partial charge in [0.25, 0.3) is 11.8 Å². The van der Waals surface area contributed by atoms with Crippen LogP contribution in [0.25, 0.3) is 0 Å². The van der Waals surface area contributed by atoms with Crippen LogP contribution in [0.4, 0.5) is 5.69 Å². The van der Waals surface area contributed by atoms with Crippen molar-refractivity contribution in [2.24, 2.45) is 0 Å².